The van der Waals surface area contributed by atoms with Gasteiger partial charge in [0.2, 0.25) is 0 Å². The van der Waals surface area contributed by atoms with Crippen LogP contribution in [-0.2, 0) is 4.57 Å². The summed E-state index contributed by atoms with van der Waals surface area (Å²) in [5.41, 5.74) is 0. The Bertz CT molecular complexity index is 57.8. The van der Waals surface area contributed by atoms with Gasteiger partial charge in [-0.1, -0.05) is 0 Å². The van der Waals surface area contributed by atoms with E-state index in [9.17, 15) is 0 Å². The summed E-state index contributed by atoms with van der Waals surface area (Å²) in [5.74, 6) is 0. The van der Waals surface area contributed by atoms with Crippen LogP contribution in [0.1, 0.15) is 0 Å². The topological polar surface area (TPSA) is 86.2 Å². The van der Waals surface area contributed by atoms with Crippen LogP contribution in [0.15, 0.2) is 0 Å². The predicted molar refractivity (Wildman–Crippen MR) is 19.1 cm³/mol. The largest absolute Gasteiger partial charge is 2.00 e. The third-order valence-electron chi connectivity index (χ3n) is 0. The summed E-state index contributed by atoms with van der Waals surface area (Å²) in [6, 6.07) is 0. The Morgan fingerprint density at radius 3 is 1.14 bits per heavy atom. The number of hydrogen-bond acceptors (Lipinski definition) is 4. The molecule has 0 aliphatic rings. The van der Waals surface area contributed by atoms with Crippen molar-refractivity contribution in [3.8, 4) is 0 Å². The normalized spacial score (nSPS) is 8.43. The molecule has 0 aromatic carbocycles. The Balaban J connectivity index is -0.0000000800. The van der Waals surface area contributed by atoms with Crippen molar-refractivity contribution >= 4 is 72.9 Å². The van der Waals surface area contributed by atoms with Crippen molar-refractivity contribution < 1.29 is 19.2 Å². The molecule has 0 fully saturated rings. The van der Waals surface area contributed by atoms with Crippen molar-refractivity contribution in [3.63, 3.8) is 0 Å². The summed E-state index contributed by atoms with van der Waals surface area (Å²) in [6.07, 6.45) is 0. The summed E-state index contributed by atoms with van der Waals surface area (Å²) in [7, 11) is -5.39. The van der Waals surface area contributed by atoms with Gasteiger partial charge in [0.25, 0.3) is 0 Å². The summed E-state index contributed by atoms with van der Waals surface area (Å²) in [4.78, 5) is 25.6. The molecular formula is CaO4PPb+. The monoisotopic (exact) mass is 343 g/mol. The summed E-state index contributed by atoms with van der Waals surface area (Å²) >= 11 is 0. The second kappa shape index (κ2) is 6.41. The Morgan fingerprint density at radius 1 is 1.14 bits per heavy atom. The Hall–Kier alpha value is 2.29. The Morgan fingerprint density at radius 2 is 1.14 bits per heavy atom. The van der Waals surface area contributed by atoms with Gasteiger partial charge in [-0.05, 0) is 0 Å². The molecule has 34 valence electrons. The van der Waals surface area contributed by atoms with E-state index in [1.165, 1.54) is 0 Å². The first-order valence-electron chi connectivity index (χ1n) is 0.730. The predicted octanol–water partition coefficient (Wildman–Crippen LogP) is -3.59. The van der Waals surface area contributed by atoms with Gasteiger partial charge < -0.3 is 19.2 Å². The van der Waals surface area contributed by atoms with E-state index in [-0.39, 0.29) is 65.0 Å². The summed E-state index contributed by atoms with van der Waals surface area (Å²) in [6.45, 7) is 0. The fourth-order valence-corrected chi connectivity index (χ4v) is 0. The van der Waals surface area contributed by atoms with Gasteiger partial charge in [-0.2, -0.15) is 7.82 Å². The molecule has 0 aliphatic heterocycles. The SMILES string of the molecule is O=P([O-])([O-])[O-].[Ca+2].[Pb+2]. The molecule has 0 aliphatic carbocycles. The third kappa shape index (κ3) is 62.5. The van der Waals surface area contributed by atoms with Crippen molar-refractivity contribution in [2.75, 3.05) is 0 Å². The van der Waals surface area contributed by atoms with E-state index in [0.717, 1.165) is 0 Å². The number of hydrogen-bond donors (Lipinski definition) is 0. The average molecular weight is 342 g/mol. The first-order valence-corrected chi connectivity index (χ1v) is 2.19. The van der Waals surface area contributed by atoms with Crippen molar-refractivity contribution in [3.05, 3.63) is 0 Å². The van der Waals surface area contributed by atoms with Crippen LogP contribution in [0.3, 0.4) is 0 Å². The van der Waals surface area contributed by atoms with Crippen molar-refractivity contribution in [2.45, 2.75) is 0 Å². The van der Waals surface area contributed by atoms with Crippen LogP contribution in [0.2, 0.25) is 0 Å². The van der Waals surface area contributed by atoms with E-state index in [4.69, 9.17) is 19.2 Å². The third-order valence-corrected chi connectivity index (χ3v) is 0. The minimum Gasteiger partial charge on any atom is -0.822 e. The van der Waals surface area contributed by atoms with Gasteiger partial charge >= 0.3 is 65.0 Å². The number of rotatable bonds is 0. The van der Waals surface area contributed by atoms with E-state index in [1.54, 1.807) is 0 Å². The van der Waals surface area contributed by atoms with Gasteiger partial charge in [0.05, 0.1) is 0 Å². The fourth-order valence-electron chi connectivity index (χ4n) is 0. The average Bonchev–Trinajstić information content (AvgIpc) is 0.722. The van der Waals surface area contributed by atoms with Gasteiger partial charge in [-0.15, -0.1) is 0 Å². The first kappa shape index (κ1) is 16.1. The van der Waals surface area contributed by atoms with E-state index in [2.05, 4.69) is 0 Å². The van der Waals surface area contributed by atoms with E-state index in [0.29, 0.717) is 0 Å². The minimum absolute atomic E-state index is 0. The van der Waals surface area contributed by atoms with Gasteiger partial charge in [0.15, 0.2) is 0 Å². The van der Waals surface area contributed by atoms with Crippen LogP contribution >= 0.6 is 7.82 Å². The van der Waals surface area contributed by atoms with Gasteiger partial charge in [-0.3, -0.25) is 0 Å². The van der Waals surface area contributed by atoms with Crippen LogP contribution in [0.4, 0.5) is 0 Å². The molecule has 0 N–H and O–H groups in total. The van der Waals surface area contributed by atoms with Crippen molar-refractivity contribution in [2.24, 2.45) is 0 Å². The van der Waals surface area contributed by atoms with Gasteiger partial charge in [-0.25, -0.2) is 0 Å². The molecule has 7 heteroatoms. The molecule has 0 rings (SSSR count). The molecular weight excluding hydrogens is 342 g/mol. The van der Waals surface area contributed by atoms with Crippen LogP contribution in [0.5, 0.6) is 0 Å². The van der Waals surface area contributed by atoms with Crippen LogP contribution in [-0.4, -0.2) is 65.0 Å². The van der Waals surface area contributed by atoms with E-state index < -0.39 is 7.82 Å². The summed E-state index contributed by atoms with van der Waals surface area (Å²) < 4.78 is 8.55. The smallest absolute Gasteiger partial charge is 0.822 e. The maximum absolute atomic E-state index is 8.55. The van der Waals surface area contributed by atoms with Crippen LogP contribution < -0.4 is 14.7 Å². The molecule has 2 radical (unpaired) electrons. The Labute approximate surface area is 90.7 Å². The fraction of sp³-hybridized carbons (Fsp3) is 0. The molecule has 0 amide bonds. The maximum atomic E-state index is 8.55. The summed E-state index contributed by atoms with van der Waals surface area (Å²) in [5, 5.41) is 0. The molecule has 0 saturated carbocycles. The molecule has 4 nitrogen and oxygen atoms in total. The van der Waals surface area contributed by atoms with Crippen LogP contribution in [0.25, 0.3) is 0 Å². The zero-order chi connectivity index (χ0) is 4.50. The number of phosphoric acid groups is 1. The van der Waals surface area contributed by atoms with Gasteiger partial charge in [0, 0.05) is 0 Å². The zero-order valence-corrected chi connectivity index (χ0v) is 10.3. The van der Waals surface area contributed by atoms with E-state index >= 15 is 0 Å². The zero-order valence-electron chi connectivity index (χ0n) is 3.29. The molecule has 0 aromatic rings. The van der Waals surface area contributed by atoms with Gasteiger partial charge in [0.1, 0.15) is 0 Å². The minimum atomic E-state index is -5.39. The van der Waals surface area contributed by atoms with Crippen molar-refractivity contribution in [1.82, 2.24) is 0 Å². The van der Waals surface area contributed by atoms with E-state index in [1.807, 2.05) is 0 Å². The molecule has 0 aromatic heterocycles. The second-order valence-corrected chi connectivity index (χ2v) is 1.34. The van der Waals surface area contributed by atoms with Crippen molar-refractivity contribution in [1.29, 1.82) is 0 Å². The molecule has 0 atom stereocenters. The first-order chi connectivity index (χ1) is 2.00. The molecule has 0 heterocycles. The second-order valence-electron chi connectivity index (χ2n) is 0.447. The molecule has 7 heavy (non-hydrogen) atoms. The quantitative estimate of drug-likeness (QED) is 0.336. The molecule has 0 spiro atoms. The maximum Gasteiger partial charge on any atom is 2.00 e. The standard InChI is InChI=1S/Ca.H3O4P.Pb/c;1-5(2,3)4;/h;(H3,1,2,3,4);/q+2;;+2/p-3. The molecule has 0 bridgehead atoms. The van der Waals surface area contributed by atoms with Crippen LogP contribution in [0, 0.1) is 0 Å². The molecule has 0 unspecified atom stereocenters. The molecule has 0 saturated heterocycles. The Kier molecular flexibility index (Phi) is 14.8.